The number of thiophene rings is 1. The second-order valence-electron chi connectivity index (χ2n) is 8.85. The fraction of sp³-hybridized carbons (Fsp3) is 0.280. The van der Waals surface area contributed by atoms with Crippen LogP contribution in [0.25, 0.3) is 0 Å². The molecule has 6 rings (SSSR count). The first-order valence-corrected chi connectivity index (χ1v) is 12.1. The maximum atomic E-state index is 13.4. The molecular weight excluding hydrogens is 452 g/mol. The van der Waals surface area contributed by atoms with Crippen molar-refractivity contribution in [1.29, 1.82) is 0 Å². The molecular formula is C25H22N4O4S. The van der Waals surface area contributed by atoms with Gasteiger partial charge >= 0.3 is 6.03 Å². The van der Waals surface area contributed by atoms with Gasteiger partial charge < -0.3 is 9.73 Å². The highest BCUT2D eigenvalue weighted by molar-refractivity contribution is 7.10. The number of nitrogens with one attached hydrogen (secondary N) is 1. The van der Waals surface area contributed by atoms with Gasteiger partial charge in [0.05, 0.1) is 12.3 Å². The number of carbonyl (C=O) groups is 3. The molecule has 3 aromatic rings. The maximum Gasteiger partial charge on any atom is 0.325 e. The number of fused-ring (bicyclic) bond motifs is 1. The monoisotopic (exact) mass is 474 g/mol. The van der Waals surface area contributed by atoms with Gasteiger partial charge in [-0.15, -0.1) is 11.3 Å². The summed E-state index contributed by atoms with van der Waals surface area (Å²) in [6.07, 6.45) is 3.72. The van der Waals surface area contributed by atoms with Crippen molar-refractivity contribution in [2.75, 3.05) is 6.54 Å². The van der Waals surface area contributed by atoms with Crippen molar-refractivity contribution in [2.24, 2.45) is 5.10 Å². The third-order valence-corrected chi connectivity index (χ3v) is 7.79. The Hall–Kier alpha value is -3.72. The van der Waals surface area contributed by atoms with Crippen LogP contribution < -0.4 is 5.32 Å². The first-order chi connectivity index (χ1) is 16.5. The second-order valence-corrected chi connectivity index (χ2v) is 9.83. The van der Waals surface area contributed by atoms with Gasteiger partial charge in [0.15, 0.2) is 0 Å². The van der Waals surface area contributed by atoms with E-state index in [0.29, 0.717) is 37.2 Å². The Balaban J connectivity index is 1.24. The van der Waals surface area contributed by atoms with Gasteiger partial charge in [-0.05, 0) is 47.5 Å². The lowest BCUT2D eigenvalue weighted by Gasteiger charge is -2.32. The molecule has 0 radical (unpaired) electrons. The Labute approximate surface area is 199 Å². The molecule has 2 unspecified atom stereocenters. The summed E-state index contributed by atoms with van der Waals surface area (Å²) in [5.74, 6) is -0.147. The number of hydrogen-bond donors (Lipinski definition) is 1. The van der Waals surface area contributed by atoms with Crippen LogP contribution in [0.2, 0.25) is 0 Å². The zero-order valence-corrected chi connectivity index (χ0v) is 19.1. The number of amides is 4. The van der Waals surface area contributed by atoms with Crippen LogP contribution in [0.15, 0.2) is 69.7 Å². The van der Waals surface area contributed by atoms with E-state index in [1.165, 1.54) is 21.9 Å². The third-order valence-electron chi connectivity index (χ3n) is 6.81. The van der Waals surface area contributed by atoms with Gasteiger partial charge in [0, 0.05) is 17.7 Å². The number of carbonyl (C=O) groups excluding carboxylic acids is 3. The first-order valence-electron chi connectivity index (χ1n) is 11.2. The zero-order valence-electron chi connectivity index (χ0n) is 18.3. The minimum atomic E-state index is -0.994. The van der Waals surface area contributed by atoms with Crippen molar-refractivity contribution in [3.05, 3.63) is 81.9 Å². The molecule has 4 amide bonds. The van der Waals surface area contributed by atoms with Crippen molar-refractivity contribution in [3.8, 4) is 0 Å². The van der Waals surface area contributed by atoms with Crippen LogP contribution >= 0.6 is 11.3 Å². The molecule has 1 N–H and O–H groups in total. The minimum Gasteiger partial charge on any atom is -0.463 e. The Kier molecular flexibility index (Phi) is 4.88. The van der Waals surface area contributed by atoms with Crippen molar-refractivity contribution in [3.63, 3.8) is 0 Å². The number of aryl methyl sites for hydroxylation is 1. The van der Waals surface area contributed by atoms with E-state index in [9.17, 15) is 14.4 Å². The van der Waals surface area contributed by atoms with Crippen LogP contribution in [0.4, 0.5) is 4.79 Å². The second kappa shape index (κ2) is 7.95. The largest absolute Gasteiger partial charge is 0.463 e. The number of rotatable bonds is 4. The number of imide groups is 1. The summed E-state index contributed by atoms with van der Waals surface area (Å²) < 4.78 is 5.49. The van der Waals surface area contributed by atoms with Gasteiger partial charge in [-0.25, -0.2) is 9.80 Å². The van der Waals surface area contributed by atoms with Crippen molar-refractivity contribution < 1.29 is 18.8 Å². The standard InChI is InChI=1S/C25H22N4O4S/c30-22(29-19(21-8-4-12-34-21)13-18(27-29)20-7-3-11-33-20)15-28-23(31)25(26-24(28)32)10-9-16-5-1-2-6-17(16)14-25/h1-8,11-12,19H,9-10,13-15H2,(H,26,32). The van der Waals surface area contributed by atoms with E-state index >= 15 is 0 Å². The molecule has 9 heteroatoms. The Morgan fingerprint density at radius 2 is 2.00 bits per heavy atom. The molecule has 8 nitrogen and oxygen atoms in total. The SMILES string of the molecule is O=C1NC2(CCc3ccccc3C2)C(=O)N1CC(=O)N1N=C(c2ccco2)CC1c1cccs1. The average Bonchev–Trinajstić information content (AvgIpc) is 3.64. The quantitative estimate of drug-likeness (QED) is 0.586. The Morgan fingerprint density at radius 3 is 2.76 bits per heavy atom. The van der Waals surface area contributed by atoms with E-state index in [1.807, 2.05) is 35.7 Å². The predicted molar refractivity (Wildman–Crippen MR) is 125 cm³/mol. The highest BCUT2D eigenvalue weighted by atomic mass is 32.1. The first kappa shape index (κ1) is 20.9. The molecule has 0 bridgehead atoms. The molecule has 172 valence electrons. The Morgan fingerprint density at radius 1 is 1.15 bits per heavy atom. The summed E-state index contributed by atoms with van der Waals surface area (Å²) in [4.78, 5) is 41.7. The van der Waals surface area contributed by atoms with E-state index in [1.54, 1.807) is 18.4 Å². The summed E-state index contributed by atoms with van der Waals surface area (Å²) in [5, 5.41) is 10.8. The van der Waals surface area contributed by atoms with Gasteiger partial charge in [0.2, 0.25) is 0 Å². The van der Waals surface area contributed by atoms with Crippen molar-refractivity contribution >= 4 is 34.9 Å². The van der Waals surface area contributed by atoms with Crippen molar-refractivity contribution in [1.82, 2.24) is 15.2 Å². The van der Waals surface area contributed by atoms with Gasteiger partial charge in [-0.3, -0.25) is 14.5 Å². The van der Waals surface area contributed by atoms with E-state index in [2.05, 4.69) is 16.5 Å². The normalized spacial score (nSPS) is 23.9. The predicted octanol–water partition coefficient (Wildman–Crippen LogP) is 3.50. The lowest BCUT2D eigenvalue weighted by Crippen LogP contribution is -2.51. The van der Waals surface area contributed by atoms with Gasteiger partial charge in [0.25, 0.3) is 11.8 Å². The number of hydrogen-bond acceptors (Lipinski definition) is 6. The molecule has 1 spiro atoms. The molecule has 2 atom stereocenters. The molecule has 1 fully saturated rings. The lowest BCUT2D eigenvalue weighted by atomic mass is 9.78. The highest BCUT2D eigenvalue weighted by Crippen LogP contribution is 2.37. The molecule has 4 heterocycles. The molecule has 1 saturated heterocycles. The molecule has 1 aromatic carbocycles. The average molecular weight is 475 g/mol. The van der Waals surface area contributed by atoms with E-state index in [4.69, 9.17) is 4.42 Å². The van der Waals surface area contributed by atoms with Crippen molar-refractivity contribution in [2.45, 2.75) is 37.3 Å². The summed E-state index contributed by atoms with van der Waals surface area (Å²) in [6, 6.07) is 14.6. The van der Waals surface area contributed by atoms with E-state index in [0.717, 1.165) is 15.3 Å². The Bertz CT molecular complexity index is 1300. The maximum absolute atomic E-state index is 13.4. The smallest absolute Gasteiger partial charge is 0.325 e. The third kappa shape index (κ3) is 3.35. The zero-order chi connectivity index (χ0) is 23.3. The van der Waals surface area contributed by atoms with Crippen LogP contribution in [-0.4, -0.2) is 45.5 Å². The molecule has 34 heavy (non-hydrogen) atoms. The van der Waals surface area contributed by atoms with Crippen LogP contribution in [0.5, 0.6) is 0 Å². The molecule has 3 aliphatic rings. The summed E-state index contributed by atoms with van der Waals surface area (Å²) in [5.41, 5.74) is 1.92. The van der Waals surface area contributed by atoms with E-state index < -0.39 is 17.5 Å². The van der Waals surface area contributed by atoms with Crippen LogP contribution in [-0.2, 0) is 22.4 Å². The number of benzene rings is 1. The number of urea groups is 1. The van der Waals surface area contributed by atoms with Gasteiger partial charge in [-0.2, -0.15) is 5.10 Å². The molecule has 2 aromatic heterocycles. The van der Waals surface area contributed by atoms with Crippen LogP contribution in [0.1, 0.15) is 40.6 Å². The summed E-state index contributed by atoms with van der Waals surface area (Å²) in [7, 11) is 0. The van der Waals surface area contributed by atoms with E-state index in [-0.39, 0.29) is 18.5 Å². The van der Waals surface area contributed by atoms with Crippen LogP contribution in [0.3, 0.4) is 0 Å². The van der Waals surface area contributed by atoms with Gasteiger partial charge in [-0.1, -0.05) is 30.3 Å². The number of furan rings is 1. The minimum absolute atomic E-state index is 0.302. The highest BCUT2D eigenvalue weighted by Gasteiger charge is 2.53. The number of nitrogens with zero attached hydrogens (tertiary/aromatic N) is 3. The van der Waals surface area contributed by atoms with Gasteiger partial charge in [0.1, 0.15) is 23.6 Å². The molecule has 2 aliphatic heterocycles. The topological polar surface area (TPSA) is 95.2 Å². The summed E-state index contributed by atoms with van der Waals surface area (Å²) >= 11 is 1.54. The summed E-state index contributed by atoms with van der Waals surface area (Å²) in [6.45, 7) is -0.356. The fourth-order valence-corrected chi connectivity index (χ4v) is 5.90. The lowest BCUT2D eigenvalue weighted by molar-refractivity contribution is -0.140. The molecule has 0 saturated carbocycles. The van der Waals surface area contributed by atoms with Crippen LogP contribution in [0, 0.1) is 0 Å². The number of hydrazone groups is 1. The fourth-order valence-electron chi connectivity index (χ4n) is 5.09. The molecule has 1 aliphatic carbocycles.